The van der Waals surface area contributed by atoms with Crippen LogP contribution in [0.3, 0.4) is 0 Å². The first-order valence-corrected chi connectivity index (χ1v) is 10.8. The number of rotatable bonds is 6. The van der Waals surface area contributed by atoms with Crippen LogP contribution in [0.5, 0.6) is 5.75 Å². The lowest BCUT2D eigenvalue weighted by Crippen LogP contribution is -2.28. The van der Waals surface area contributed by atoms with E-state index in [1.807, 2.05) is 24.3 Å². The van der Waals surface area contributed by atoms with E-state index >= 15 is 0 Å². The molecule has 0 unspecified atom stereocenters. The third-order valence-corrected chi connectivity index (χ3v) is 5.98. The van der Waals surface area contributed by atoms with Gasteiger partial charge >= 0.3 is 0 Å². The first-order valence-electron chi connectivity index (χ1n) is 10.4. The van der Waals surface area contributed by atoms with Crippen LogP contribution in [0.15, 0.2) is 60.7 Å². The summed E-state index contributed by atoms with van der Waals surface area (Å²) < 4.78 is 6.25. The van der Waals surface area contributed by atoms with Crippen LogP contribution in [-0.2, 0) is 13.2 Å². The second kappa shape index (κ2) is 10.9. The van der Waals surface area contributed by atoms with Gasteiger partial charge < -0.3 is 10.1 Å². The smallest absolute Gasteiger partial charge is 0.124 e. The summed E-state index contributed by atoms with van der Waals surface area (Å²) in [6.45, 7) is 1.40. The van der Waals surface area contributed by atoms with Gasteiger partial charge in [-0.15, -0.1) is 12.4 Å². The van der Waals surface area contributed by atoms with E-state index < -0.39 is 0 Å². The van der Waals surface area contributed by atoms with E-state index in [4.69, 9.17) is 16.3 Å². The summed E-state index contributed by atoms with van der Waals surface area (Å²) in [5.74, 6) is 0.967. The Morgan fingerprint density at radius 1 is 0.862 bits per heavy atom. The van der Waals surface area contributed by atoms with Gasteiger partial charge in [0.25, 0.3) is 0 Å². The highest BCUT2D eigenvalue weighted by molar-refractivity contribution is 6.30. The van der Waals surface area contributed by atoms with E-state index in [1.165, 1.54) is 54.9 Å². The van der Waals surface area contributed by atoms with Crippen LogP contribution in [0.1, 0.15) is 49.7 Å². The molecule has 1 fully saturated rings. The van der Waals surface area contributed by atoms with E-state index in [9.17, 15) is 0 Å². The van der Waals surface area contributed by atoms with Crippen molar-refractivity contribution in [1.29, 1.82) is 0 Å². The zero-order valence-electron chi connectivity index (χ0n) is 16.7. The van der Waals surface area contributed by atoms with Crippen molar-refractivity contribution >= 4 is 34.8 Å². The van der Waals surface area contributed by atoms with Gasteiger partial charge in [-0.3, -0.25) is 0 Å². The highest BCUT2D eigenvalue weighted by Crippen LogP contribution is 2.29. The Kier molecular flexibility index (Phi) is 8.23. The van der Waals surface area contributed by atoms with Crippen molar-refractivity contribution in [1.82, 2.24) is 5.32 Å². The summed E-state index contributed by atoms with van der Waals surface area (Å²) in [4.78, 5) is 0. The van der Waals surface area contributed by atoms with Gasteiger partial charge in [0.2, 0.25) is 0 Å². The zero-order chi connectivity index (χ0) is 19.2. The highest BCUT2D eigenvalue weighted by Gasteiger charge is 2.14. The fraction of sp³-hybridized carbons (Fsp3) is 0.360. The summed E-state index contributed by atoms with van der Waals surface area (Å²) in [6.07, 6.45) is 8.00. The molecule has 0 spiro atoms. The molecule has 0 saturated heterocycles. The van der Waals surface area contributed by atoms with Crippen LogP contribution >= 0.6 is 24.0 Å². The third kappa shape index (κ3) is 5.88. The Balaban J connectivity index is 0.00000240. The molecule has 0 atom stereocenters. The van der Waals surface area contributed by atoms with Crippen LogP contribution in [0, 0.1) is 0 Å². The summed E-state index contributed by atoms with van der Waals surface area (Å²) in [5.41, 5.74) is 2.39. The predicted molar refractivity (Wildman–Crippen MR) is 125 cm³/mol. The Labute approximate surface area is 185 Å². The molecule has 1 saturated carbocycles. The van der Waals surface area contributed by atoms with Crippen molar-refractivity contribution in [2.24, 2.45) is 0 Å². The number of fused-ring (bicyclic) bond motifs is 1. The Bertz CT molecular complexity index is 902. The monoisotopic (exact) mass is 429 g/mol. The van der Waals surface area contributed by atoms with Gasteiger partial charge in [0.1, 0.15) is 12.4 Å². The van der Waals surface area contributed by atoms with Crippen molar-refractivity contribution in [3.05, 3.63) is 76.8 Å². The summed E-state index contributed by atoms with van der Waals surface area (Å²) >= 11 is 6.00. The number of halogens is 2. The second-order valence-electron chi connectivity index (χ2n) is 7.75. The first kappa shape index (κ1) is 22.0. The molecule has 0 heterocycles. The van der Waals surface area contributed by atoms with Crippen LogP contribution in [0.2, 0.25) is 5.02 Å². The molecule has 0 radical (unpaired) electrons. The standard InChI is InChI=1S/C25H28ClNO.ClH/c26-21-14-11-19(12-15-21)18-28-25-16-13-20-7-5-6-10-23(20)24(25)17-27-22-8-3-1-2-4-9-22;/h5-7,10-16,22,27H,1-4,8-9,17-18H2;1H. The number of ether oxygens (including phenoxy) is 1. The Morgan fingerprint density at radius 2 is 1.59 bits per heavy atom. The second-order valence-corrected chi connectivity index (χ2v) is 8.18. The van der Waals surface area contributed by atoms with E-state index in [1.54, 1.807) is 0 Å². The normalized spacial score (nSPS) is 14.9. The topological polar surface area (TPSA) is 21.3 Å². The highest BCUT2D eigenvalue weighted by atomic mass is 35.5. The Hall–Kier alpha value is -1.74. The SMILES string of the molecule is Cl.Clc1ccc(COc2ccc3ccccc3c2CNC2CCCCCC2)cc1. The maximum Gasteiger partial charge on any atom is 0.124 e. The molecule has 3 aromatic rings. The molecule has 0 aromatic heterocycles. The average molecular weight is 430 g/mol. The minimum absolute atomic E-state index is 0. The van der Waals surface area contributed by atoms with Crippen LogP contribution in [-0.4, -0.2) is 6.04 Å². The molecule has 1 N–H and O–H groups in total. The lowest BCUT2D eigenvalue weighted by atomic mass is 10.0. The maximum absolute atomic E-state index is 6.25. The van der Waals surface area contributed by atoms with Crippen LogP contribution in [0.25, 0.3) is 10.8 Å². The molecule has 0 amide bonds. The third-order valence-electron chi connectivity index (χ3n) is 5.73. The quantitative estimate of drug-likeness (QED) is 0.414. The molecular formula is C25H29Cl2NO. The first-order chi connectivity index (χ1) is 13.8. The van der Waals surface area contributed by atoms with Gasteiger partial charge in [0, 0.05) is 23.2 Å². The van der Waals surface area contributed by atoms with Crippen LogP contribution in [0.4, 0.5) is 0 Å². The van der Waals surface area contributed by atoms with Gasteiger partial charge in [-0.1, -0.05) is 79.7 Å². The van der Waals surface area contributed by atoms with Crippen molar-refractivity contribution in [3.8, 4) is 5.75 Å². The predicted octanol–water partition coefficient (Wildman–Crippen LogP) is 7.31. The van der Waals surface area contributed by atoms with Gasteiger partial charge in [-0.25, -0.2) is 0 Å². The van der Waals surface area contributed by atoms with E-state index in [0.29, 0.717) is 12.6 Å². The minimum Gasteiger partial charge on any atom is -0.489 e. The number of hydrogen-bond donors (Lipinski definition) is 1. The molecular weight excluding hydrogens is 401 g/mol. The maximum atomic E-state index is 6.25. The molecule has 0 bridgehead atoms. The van der Waals surface area contributed by atoms with Gasteiger partial charge in [-0.05, 0) is 47.4 Å². The van der Waals surface area contributed by atoms with E-state index in [-0.39, 0.29) is 12.4 Å². The molecule has 0 aliphatic heterocycles. The lowest BCUT2D eigenvalue weighted by molar-refractivity contribution is 0.302. The van der Waals surface area contributed by atoms with Gasteiger partial charge in [-0.2, -0.15) is 0 Å². The number of benzene rings is 3. The minimum atomic E-state index is 0. The summed E-state index contributed by atoms with van der Waals surface area (Å²) in [7, 11) is 0. The number of hydrogen-bond acceptors (Lipinski definition) is 2. The van der Waals surface area contributed by atoms with Crippen molar-refractivity contribution in [2.45, 2.75) is 57.7 Å². The molecule has 1 aliphatic rings. The Morgan fingerprint density at radius 3 is 2.34 bits per heavy atom. The molecule has 4 heteroatoms. The van der Waals surface area contributed by atoms with Crippen molar-refractivity contribution in [2.75, 3.05) is 0 Å². The number of nitrogens with one attached hydrogen (secondary N) is 1. The molecule has 2 nitrogen and oxygen atoms in total. The van der Waals surface area contributed by atoms with E-state index in [2.05, 4.69) is 41.7 Å². The lowest BCUT2D eigenvalue weighted by Gasteiger charge is -2.19. The zero-order valence-corrected chi connectivity index (χ0v) is 18.3. The molecule has 4 rings (SSSR count). The average Bonchev–Trinajstić information content (AvgIpc) is 3.01. The fourth-order valence-electron chi connectivity index (χ4n) is 4.11. The molecule has 154 valence electrons. The molecule has 1 aliphatic carbocycles. The van der Waals surface area contributed by atoms with Gasteiger partial charge in [0.05, 0.1) is 0 Å². The van der Waals surface area contributed by atoms with E-state index in [0.717, 1.165) is 22.9 Å². The summed E-state index contributed by atoms with van der Waals surface area (Å²) in [5, 5.41) is 7.11. The fourth-order valence-corrected chi connectivity index (χ4v) is 4.23. The van der Waals surface area contributed by atoms with Crippen LogP contribution < -0.4 is 10.1 Å². The summed E-state index contributed by atoms with van der Waals surface area (Å²) in [6, 6.07) is 21.3. The molecule has 3 aromatic carbocycles. The largest absolute Gasteiger partial charge is 0.489 e. The van der Waals surface area contributed by atoms with Gasteiger partial charge in [0.15, 0.2) is 0 Å². The molecule has 29 heavy (non-hydrogen) atoms. The van der Waals surface area contributed by atoms with Crippen molar-refractivity contribution < 1.29 is 4.74 Å². The van der Waals surface area contributed by atoms with Crippen molar-refractivity contribution in [3.63, 3.8) is 0 Å².